The molecule has 0 saturated heterocycles. The van der Waals surface area contributed by atoms with Gasteiger partial charge < -0.3 is 0 Å². The molecular formula is C12H18O. The van der Waals surface area contributed by atoms with E-state index in [2.05, 4.69) is 20.8 Å². The van der Waals surface area contributed by atoms with Crippen molar-refractivity contribution >= 4 is 5.78 Å². The number of carbonyl (C=O) groups is 1. The minimum absolute atomic E-state index is 0.0204. The van der Waals surface area contributed by atoms with Crippen molar-refractivity contribution in [1.82, 2.24) is 0 Å². The summed E-state index contributed by atoms with van der Waals surface area (Å²) in [4.78, 5) is 11.7. The van der Waals surface area contributed by atoms with Crippen molar-refractivity contribution in [2.75, 3.05) is 0 Å². The predicted octanol–water partition coefficient (Wildman–Crippen LogP) is 3.10. The minimum Gasteiger partial charge on any atom is -0.299 e. The summed E-state index contributed by atoms with van der Waals surface area (Å²) in [7, 11) is 0. The zero-order chi connectivity index (χ0) is 9.64. The van der Waals surface area contributed by atoms with Gasteiger partial charge in [0.25, 0.3) is 0 Å². The Balaban J connectivity index is 2.39. The maximum Gasteiger partial charge on any atom is 0.139 e. The minimum atomic E-state index is 0.0204. The van der Waals surface area contributed by atoms with Crippen LogP contribution < -0.4 is 0 Å². The fourth-order valence-electron chi connectivity index (χ4n) is 3.11. The number of hydrogen-bond donors (Lipinski definition) is 0. The normalized spacial score (nSPS) is 38.2. The standard InChI is InChI=1S/C12H18O/c1-8(2)9-6-7-12(3)10(9)4-5-11(12)13/h10H,4-7H2,1-3H3/t10-,12+/m1/s1. The molecule has 2 aliphatic carbocycles. The van der Waals surface area contributed by atoms with Gasteiger partial charge in [-0.25, -0.2) is 0 Å². The van der Waals surface area contributed by atoms with E-state index in [9.17, 15) is 4.79 Å². The average Bonchev–Trinajstić information content (AvgIpc) is 2.51. The second kappa shape index (κ2) is 2.70. The lowest BCUT2D eigenvalue weighted by molar-refractivity contribution is -0.125. The molecule has 2 aliphatic rings. The van der Waals surface area contributed by atoms with Crippen molar-refractivity contribution in [3.05, 3.63) is 11.1 Å². The predicted molar refractivity (Wildman–Crippen MR) is 53.4 cm³/mol. The van der Waals surface area contributed by atoms with Gasteiger partial charge in [0.1, 0.15) is 5.78 Å². The first-order chi connectivity index (χ1) is 6.05. The van der Waals surface area contributed by atoms with Crippen LogP contribution in [0.1, 0.15) is 46.5 Å². The lowest BCUT2D eigenvalue weighted by Crippen LogP contribution is -2.23. The Hall–Kier alpha value is -0.590. The van der Waals surface area contributed by atoms with Crippen LogP contribution in [0, 0.1) is 11.3 Å². The number of carbonyl (C=O) groups excluding carboxylic acids is 1. The molecule has 72 valence electrons. The van der Waals surface area contributed by atoms with E-state index in [1.54, 1.807) is 5.57 Å². The quantitative estimate of drug-likeness (QED) is 0.521. The SMILES string of the molecule is CC(C)=C1CC[C@]2(C)C(=O)CC[C@H]12. The molecule has 0 amide bonds. The Kier molecular flexibility index (Phi) is 1.86. The molecule has 2 fully saturated rings. The summed E-state index contributed by atoms with van der Waals surface area (Å²) in [6.45, 7) is 6.54. The second-order valence-electron chi connectivity index (χ2n) is 4.96. The highest BCUT2D eigenvalue weighted by molar-refractivity contribution is 5.88. The molecule has 0 unspecified atom stereocenters. The first-order valence-corrected chi connectivity index (χ1v) is 5.25. The number of rotatable bonds is 0. The van der Waals surface area contributed by atoms with Crippen molar-refractivity contribution in [3.63, 3.8) is 0 Å². The summed E-state index contributed by atoms with van der Waals surface area (Å²) in [5.41, 5.74) is 3.05. The number of Topliss-reactive ketones (excluding diaryl/α,β-unsaturated/α-hetero) is 1. The van der Waals surface area contributed by atoms with E-state index >= 15 is 0 Å². The smallest absolute Gasteiger partial charge is 0.139 e. The Morgan fingerprint density at radius 1 is 1.38 bits per heavy atom. The van der Waals surface area contributed by atoms with Gasteiger partial charge in [-0.1, -0.05) is 18.1 Å². The Labute approximate surface area is 80.2 Å². The van der Waals surface area contributed by atoms with Gasteiger partial charge in [0.15, 0.2) is 0 Å². The van der Waals surface area contributed by atoms with Crippen LogP contribution in [0.4, 0.5) is 0 Å². The van der Waals surface area contributed by atoms with Gasteiger partial charge in [-0.15, -0.1) is 0 Å². The zero-order valence-electron chi connectivity index (χ0n) is 8.81. The first-order valence-electron chi connectivity index (χ1n) is 5.25. The van der Waals surface area contributed by atoms with E-state index in [1.807, 2.05) is 0 Å². The maximum atomic E-state index is 11.7. The first kappa shape index (κ1) is 8.98. The molecule has 2 rings (SSSR count). The molecule has 0 aliphatic heterocycles. The molecular weight excluding hydrogens is 160 g/mol. The van der Waals surface area contributed by atoms with E-state index in [1.165, 1.54) is 5.57 Å². The monoisotopic (exact) mass is 178 g/mol. The highest BCUT2D eigenvalue weighted by Gasteiger charge is 2.51. The largest absolute Gasteiger partial charge is 0.299 e. The lowest BCUT2D eigenvalue weighted by Gasteiger charge is -2.22. The number of ketones is 1. The van der Waals surface area contributed by atoms with E-state index in [4.69, 9.17) is 0 Å². The summed E-state index contributed by atoms with van der Waals surface area (Å²) >= 11 is 0. The van der Waals surface area contributed by atoms with Crippen LogP contribution >= 0.6 is 0 Å². The van der Waals surface area contributed by atoms with Gasteiger partial charge >= 0.3 is 0 Å². The molecule has 0 aromatic heterocycles. The maximum absolute atomic E-state index is 11.7. The average molecular weight is 178 g/mol. The fraction of sp³-hybridized carbons (Fsp3) is 0.750. The van der Waals surface area contributed by atoms with Gasteiger partial charge in [-0.05, 0) is 39.0 Å². The molecule has 1 nitrogen and oxygen atoms in total. The van der Waals surface area contributed by atoms with Crippen LogP contribution in [0.15, 0.2) is 11.1 Å². The summed E-state index contributed by atoms with van der Waals surface area (Å²) in [6, 6.07) is 0. The fourth-order valence-corrected chi connectivity index (χ4v) is 3.11. The van der Waals surface area contributed by atoms with Gasteiger partial charge in [-0.3, -0.25) is 4.79 Å². The number of fused-ring (bicyclic) bond motifs is 1. The molecule has 0 spiro atoms. The summed E-state index contributed by atoms with van der Waals surface area (Å²) < 4.78 is 0. The molecule has 0 bridgehead atoms. The lowest BCUT2D eigenvalue weighted by atomic mass is 9.80. The molecule has 0 N–H and O–H groups in total. The van der Waals surface area contributed by atoms with E-state index in [-0.39, 0.29) is 5.41 Å². The third kappa shape index (κ3) is 1.09. The van der Waals surface area contributed by atoms with Crippen molar-refractivity contribution < 1.29 is 4.79 Å². The van der Waals surface area contributed by atoms with Crippen LogP contribution in [0.2, 0.25) is 0 Å². The summed E-state index contributed by atoms with van der Waals surface area (Å²) in [5, 5.41) is 0. The third-order valence-corrected chi connectivity index (χ3v) is 4.04. The molecule has 2 saturated carbocycles. The number of allylic oxidation sites excluding steroid dienone is 2. The molecule has 1 heteroatoms. The third-order valence-electron chi connectivity index (χ3n) is 4.04. The van der Waals surface area contributed by atoms with Gasteiger partial charge in [0.05, 0.1) is 0 Å². The molecule has 2 atom stereocenters. The highest BCUT2D eigenvalue weighted by atomic mass is 16.1. The second-order valence-corrected chi connectivity index (χ2v) is 4.96. The molecule has 0 radical (unpaired) electrons. The number of hydrogen-bond acceptors (Lipinski definition) is 1. The van der Waals surface area contributed by atoms with Crippen molar-refractivity contribution in [1.29, 1.82) is 0 Å². The van der Waals surface area contributed by atoms with E-state index in [0.29, 0.717) is 11.7 Å². The van der Waals surface area contributed by atoms with Gasteiger partial charge in [0.2, 0.25) is 0 Å². The van der Waals surface area contributed by atoms with E-state index < -0.39 is 0 Å². The Morgan fingerprint density at radius 3 is 2.69 bits per heavy atom. The Bertz CT molecular complexity index is 283. The van der Waals surface area contributed by atoms with E-state index in [0.717, 1.165) is 25.7 Å². The van der Waals surface area contributed by atoms with Crippen molar-refractivity contribution in [2.45, 2.75) is 46.5 Å². The Morgan fingerprint density at radius 2 is 2.08 bits per heavy atom. The molecule has 0 heterocycles. The van der Waals surface area contributed by atoms with Crippen LogP contribution in [-0.2, 0) is 4.79 Å². The topological polar surface area (TPSA) is 17.1 Å². The summed E-state index contributed by atoms with van der Waals surface area (Å²) in [6.07, 6.45) is 4.18. The van der Waals surface area contributed by atoms with Crippen LogP contribution in [0.5, 0.6) is 0 Å². The van der Waals surface area contributed by atoms with Gasteiger partial charge in [-0.2, -0.15) is 0 Å². The van der Waals surface area contributed by atoms with Crippen molar-refractivity contribution in [2.24, 2.45) is 11.3 Å². The zero-order valence-corrected chi connectivity index (χ0v) is 8.81. The van der Waals surface area contributed by atoms with Crippen LogP contribution in [-0.4, -0.2) is 5.78 Å². The van der Waals surface area contributed by atoms with Gasteiger partial charge in [0, 0.05) is 11.8 Å². The molecule has 0 aromatic rings. The highest BCUT2D eigenvalue weighted by Crippen LogP contribution is 2.55. The van der Waals surface area contributed by atoms with Crippen LogP contribution in [0.25, 0.3) is 0 Å². The summed E-state index contributed by atoms with van der Waals surface area (Å²) in [5.74, 6) is 1.10. The molecule has 13 heavy (non-hydrogen) atoms. The van der Waals surface area contributed by atoms with Crippen LogP contribution in [0.3, 0.4) is 0 Å². The molecule has 0 aromatic carbocycles. The van der Waals surface area contributed by atoms with Crippen molar-refractivity contribution in [3.8, 4) is 0 Å².